The van der Waals surface area contributed by atoms with Gasteiger partial charge in [0.25, 0.3) is 0 Å². The first-order chi connectivity index (χ1) is 10.5. The maximum atomic E-state index is 10.6. The van der Waals surface area contributed by atoms with Crippen LogP contribution in [0.4, 0.5) is 0 Å². The Bertz CT molecular complexity index is 318. The highest BCUT2D eigenvalue weighted by Gasteiger charge is 2.21. The summed E-state index contributed by atoms with van der Waals surface area (Å²) >= 11 is 5.55. The summed E-state index contributed by atoms with van der Waals surface area (Å²) in [6, 6.07) is 0. The molecule has 0 aromatic rings. The number of carboxylic acids is 2. The topological polar surface area (TPSA) is 115 Å². The van der Waals surface area contributed by atoms with Gasteiger partial charge in [0, 0.05) is 34.0 Å². The van der Waals surface area contributed by atoms with Crippen molar-refractivity contribution in [2.24, 2.45) is 0 Å². The third-order valence-corrected chi connectivity index (χ3v) is 7.13. The summed E-state index contributed by atoms with van der Waals surface area (Å²) in [4.78, 5) is 21.1. The van der Waals surface area contributed by atoms with E-state index >= 15 is 0 Å². The number of rotatable bonds is 15. The fourth-order valence-corrected chi connectivity index (χ4v) is 5.44. The van der Waals surface area contributed by atoms with Crippen LogP contribution in [0.3, 0.4) is 0 Å². The summed E-state index contributed by atoms with van der Waals surface area (Å²) in [7, 11) is 0. The van der Waals surface area contributed by atoms with E-state index in [-0.39, 0.29) is 23.4 Å². The Labute approximate surface area is 147 Å². The van der Waals surface area contributed by atoms with Gasteiger partial charge in [-0.25, -0.2) is 0 Å². The molecule has 6 nitrogen and oxygen atoms in total. The molecule has 0 aliphatic carbocycles. The molecule has 0 aromatic carbocycles. The molecule has 0 aliphatic rings. The first-order valence-electron chi connectivity index (χ1n) is 6.54. The van der Waals surface area contributed by atoms with Crippen molar-refractivity contribution < 1.29 is 30.0 Å². The van der Waals surface area contributed by atoms with Crippen molar-refractivity contribution in [3.63, 3.8) is 0 Å². The van der Waals surface area contributed by atoms with Crippen LogP contribution in [0.15, 0.2) is 0 Å². The number of aliphatic hydroxyl groups excluding tert-OH is 2. The minimum Gasteiger partial charge on any atom is -0.481 e. The van der Waals surface area contributed by atoms with Gasteiger partial charge in [0.2, 0.25) is 0 Å². The highest BCUT2D eigenvalue weighted by Crippen LogP contribution is 2.22. The van der Waals surface area contributed by atoms with E-state index in [2.05, 4.69) is 0 Å². The third kappa shape index (κ3) is 13.9. The normalized spacial score (nSPS) is 13.7. The Kier molecular flexibility index (Phi) is 15.0. The van der Waals surface area contributed by atoms with Crippen LogP contribution in [-0.4, -0.2) is 90.6 Å². The molecule has 0 saturated heterocycles. The van der Waals surface area contributed by atoms with Gasteiger partial charge in [-0.15, -0.1) is 23.5 Å². The zero-order valence-corrected chi connectivity index (χ0v) is 15.3. The van der Waals surface area contributed by atoms with Crippen molar-refractivity contribution in [3.8, 4) is 0 Å². The molecule has 4 N–H and O–H groups in total. The average Bonchev–Trinajstić information content (AvgIpc) is 2.45. The summed E-state index contributed by atoms with van der Waals surface area (Å²) in [6.45, 7) is 0.159. The van der Waals surface area contributed by atoms with Gasteiger partial charge in [0.15, 0.2) is 0 Å². The molecule has 0 rings (SSSR count). The Morgan fingerprint density at radius 1 is 0.864 bits per heavy atom. The molecule has 0 amide bonds. The molecule has 2 unspecified atom stereocenters. The molecule has 0 spiro atoms. The lowest BCUT2D eigenvalue weighted by Gasteiger charge is -2.21. The first-order valence-corrected chi connectivity index (χ1v) is 11.1. The molecule has 2 atom stereocenters. The molecule has 130 valence electrons. The van der Waals surface area contributed by atoms with Crippen molar-refractivity contribution >= 4 is 59.0 Å². The number of aliphatic carboxylic acids is 2. The molecule has 0 saturated carbocycles. The number of hydrogen-bond donors (Lipinski definition) is 4. The molecule has 0 fully saturated rings. The smallest absolute Gasteiger partial charge is 0.313 e. The maximum absolute atomic E-state index is 10.6. The second-order valence-electron chi connectivity index (χ2n) is 4.13. The van der Waals surface area contributed by atoms with E-state index in [4.69, 9.17) is 15.3 Å². The Morgan fingerprint density at radius 3 is 2.09 bits per heavy atom. The summed E-state index contributed by atoms with van der Waals surface area (Å²) < 4.78 is 0. The minimum atomic E-state index is -0.946. The summed E-state index contributed by atoms with van der Waals surface area (Å²) in [5.74, 6) is 1.31. The zero-order valence-electron chi connectivity index (χ0n) is 12.0. The van der Waals surface area contributed by atoms with Crippen LogP contribution >= 0.6 is 47.0 Å². The van der Waals surface area contributed by atoms with E-state index in [1.165, 1.54) is 11.8 Å². The lowest BCUT2D eigenvalue weighted by molar-refractivity contribution is -0.135. The largest absolute Gasteiger partial charge is 0.481 e. The van der Waals surface area contributed by atoms with E-state index in [9.17, 15) is 14.7 Å². The van der Waals surface area contributed by atoms with Gasteiger partial charge in [0.05, 0.1) is 24.2 Å². The number of carbonyl (C=O) groups is 2. The van der Waals surface area contributed by atoms with E-state index in [1.807, 2.05) is 0 Å². The Morgan fingerprint density at radius 2 is 1.50 bits per heavy atom. The molecule has 0 radical (unpaired) electrons. The van der Waals surface area contributed by atoms with Crippen LogP contribution in [0.2, 0.25) is 0 Å². The van der Waals surface area contributed by atoms with Crippen molar-refractivity contribution in [2.45, 2.75) is 11.4 Å². The predicted molar refractivity (Wildman–Crippen MR) is 96.6 cm³/mol. The Balaban J connectivity index is 4.03. The fourth-order valence-electron chi connectivity index (χ4n) is 1.31. The van der Waals surface area contributed by atoms with Crippen LogP contribution in [0, 0.1) is 0 Å². The number of hydrogen-bond acceptors (Lipinski definition) is 8. The average molecular weight is 391 g/mol. The summed E-state index contributed by atoms with van der Waals surface area (Å²) in [5, 5.41) is 35.8. The molecule has 22 heavy (non-hydrogen) atoms. The molecule has 0 aliphatic heterocycles. The Hall–Kier alpha value is 0.260. The second kappa shape index (κ2) is 14.8. The van der Waals surface area contributed by atoms with Crippen molar-refractivity contribution in [3.05, 3.63) is 0 Å². The quantitative estimate of drug-likeness (QED) is 0.299. The highest BCUT2D eigenvalue weighted by atomic mass is 32.2. The maximum Gasteiger partial charge on any atom is 0.313 e. The van der Waals surface area contributed by atoms with Crippen molar-refractivity contribution in [2.75, 3.05) is 46.9 Å². The lowest BCUT2D eigenvalue weighted by Crippen LogP contribution is -2.29. The van der Waals surface area contributed by atoms with Crippen LogP contribution < -0.4 is 0 Å². The van der Waals surface area contributed by atoms with Gasteiger partial charge >= 0.3 is 11.9 Å². The van der Waals surface area contributed by atoms with E-state index in [0.29, 0.717) is 17.3 Å². The monoisotopic (exact) mass is 390 g/mol. The number of aliphatic hydroxyl groups is 2. The van der Waals surface area contributed by atoms with Crippen LogP contribution in [-0.2, 0) is 9.59 Å². The molecular weight excluding hydrogens is 368 g/mol. The van der Waals surface area contributed by atoms with Gasteiger partial charge in [0.1, 0.15) is 0 Å². The van der Waals surface area contributed by atoms with Gasteiger partial charge in [-0.05, 0) is 0 Å². The standard InChI is InChI=1S/C12H22O6S4/c13-1-2-19-3-4-20-5-9(14)10(22-8-12(17)18)6-21-7-11(15)16/h9-10,13-14H,1-8H2,(H,15,16)(H,17,18). The summed E-state index contributed by atoms with van der Waals surface area (Å²) in [5.41, 5.74) is 0. The zero-order chi connectivity index (χ0) is 16.8. The van der Waals surface area contributed by atoms with Gasteiger partial charge < -0.3 is 20.4 Å². The first kappa shape index (κ1) is 22.3. The van der Waals surface area contributed by atoms with E-state index in [1.54, 1.807) is 23.5 Å². The number of carboxylic acid groups (broad SMARTS) is 2. The second-order valence-corrected chi connectivity index (χ2v) is 8.76. The van der Waals surface area contributed by atoms with E-state index in [0.717, 1.165) is 23.3 Å². The van der Waals surface area contributed by atoms with Crippen LogP contribution in [0.5, 0.6) is 0 Å². The minimum absolute atomic E-state index is 0.0538. The molecular formula is C12H22O6S4. The van der Waals surface area contributed by atoms with Gasteiger partial charge in [-0.2, -0.15) is 23.5 Å². The molecule has 10 heteroatoms. The predicted octanol–water partition coefficient (Wildman–Crippen LogP) is 0.810. The third-order valence-electron chi connectivity index (χ3n) is 2.25. The van der Waals surface area contributed by atoms with Crippen LogP contribution in [0.25, 0.3) is 0 Å². The van der Waals surface area contributed by atoms with E-state index < -0.39 is 18.0 Å². The lowest BCUT2D eigenvalue weighted by atomic mass is 10.3. The number of thioether (sulfide) groups is 4. The fraction of sp³-hybridized carbons (Fsp3) is 0.833. The van der Waals surface area contributed by atoms with Gasteiger partial charge in [-0.3, -0.25) is 9.59 Å². The highest BCUT2D eigenvalue weighted by molar-refractivity contribution is 8.04. The SMILES string of the molecule is O=C(O)CSCC(SCC(=O)O)C(O)CSCCSCCO. The van der Waals surface area contributed by atoms with Crippen molar-refractivity contribution in [1.82, 2.24) is 0 Å². The summed E-state index contributed by atoms with van der Waals surface area (Å²) in [6.07, 6.45) is -0.668. The molecule has 0 aromatic heterocycles. The van der Waals surface area contributed by atoms with Gasteiger partial charge in [-0.1, -0.05) is 0 Å². The molecule has 0 bridgehead atoms. The van der Waals surface area contributed by atoms with Crippen LogP contribution in [0.1, 0.15) is 0 Å². The molecule has 0 heterocycles. The van der Waals surface area contributed by atoms with Crippen molar-refractivity contribution in [1.29, 1.82) is 0 Å².